The average molecular weight is 448 g/mol. The summed E-state index contributed by atoms with van der Waals surface area (Å²) >= 11 is 0. The number of amides is 1. The summed E-state index contributed by atoms with van der Waals surface area (Å²) in [5.74, 6) is -0.505. The molecule has 1 rings (SSSR count). The summed E-state index contributed by atoms with van der Waals surface area (Å²) in [6, 6.07) is 0. The van der Waals surface area contributed by atoms with E-state index in [2.05, 4.69) is 22.7 Å². The largest absolute Gasteiger partial charge is 0.549 e. The molecule has 1 aliphatic carbocycles. The van der Waals surface area contributed by atoms with Crippen molar-refractivity contribution in [3.63, 3.8) is 0 Å². The van der Waals surface area contributed by atoms with Gasteiger partial charge in [0, 0.05) is 19.8 Å². The van der Waals surface area contributed by atoms with Gasteiger partial charge in [0.1, 0.15) is 0 Å². The number of nitrogens with two attached hydrogens (primary N) is 1. The van der Waals surface area contributed by atoms with E-state index in [0.717, 1.165) is 19.4 Å². The molecule has 0 radical (unpaired) electrons. The Labute approximate surface area is 130 Å². The maximum Gasteiger partial charge on any atom is 0.179 e. The molecule has 1 amide bonds. The molecule has 0 atom stereocenters. The average Bonchev–Trinajstić information content (AvgIpc) is 2.41. The van der Waals surface area contributed by atoms with Crippen LogP contribution >= 0.6 is 0 Å². The molecule has 0 saturated heterocycles. The quantitative estimate of drug-likeness (QED) is 0.390. The minimum absolute atomic E-state index is 0. The first-order valence-electron chi connectivity index (χ1n) is 6.20. The molecule has 19 heavy (non-hydrogen) atoms. The van der Waals surface area contributed by atoms with Crippen molar-refractivity contribution in [2.24, 2.45) is 5.73 Å². The van der Waals surface area contributed by atoms with Crippen LogP contribution in [0.5, 0.6) is 0 Å². The molecule has 5 nitrogen and oxygen atoms in total. The third-order valence-corrected chi connectivity index (χ3v) is 2.46. The maximum absolute atomic E-state index is 10.0. The van der Waals surface area contributed by atoms with Crippen molar-refractivity contribution < 1.29 is 34.1 Å². The van der Waals surface area contributed by atoms with Gasteiger partial charge >= 0.3 is 0 Å². The van der Waals surface area contributed by atoms with Crippen molar-refractivity contribution in [1.29, 1.82) is 0 Å². The fourth-order valence-corrected chi connectivity index (χ4v) is 1.53. The molecule has 0 aromatic heterocycles. The molecule has 0 spiro atoms. The van der Waals surface area contributed by atoms with Crippen LogP contribution in [-0.4, -0.2) is 25.0 Å². The minimum Gasteiger partial charge on any atom is -0.549 e. The van der Waals surface area contributed by atoms with Crippen LogP contribution in [0, 0.1) is 13.5 Å². The smallest absolute Gasteiger partial charge is 0.179 e. The molecule has 1 fully saturated rings. The zero-order chi connectivity index (χ0) is 14.4. The van der Waals surface area contributed by atoms with Crippen molar-refractivity contribution in [1.82, 2.24) is 5.32 Å². The van der Waals surface area contributed by atoms with Crippen LogP contribution in [0.1, 0.15) is 46.0 Å². The van der Waals surface area contributed by atoms with Gasteiger partial charge in [-0.15, -0.1) is 5.54 Å². The first kappa shape index (κ1) is 23.5. The fraction of sp³-hybridized carbons (Fsp3) is 0.692. The molecule has 0 aliphatic heterocycles. The Morgan fingerprint density at radius 2 is 1.84 bits per heavy atom. The standard InChI is InChI=1S/C8H13NO.C3H6NO2.C2H6.Os/c1-8(9-7-10)5-3-2-4-6-8;1-6-3(5)2-4;1-2;/h1-6H2,(H,9,10);2H,4H2,1H3;1-2H3;/q-2;-1;;. The molecule has 1 saturated carbocycles. The Kier molecular flexibility index (Phi) is 19.1. The minimum atomic E-state index is -0.505. The van der Waals surface area contributed by atoms with Crippen LogP contribution < -0.4 is 11.1 Å². The fourth-order valence-electron chi connectivity index (χ4n) is 1.53. The second-order valence-corrected chi connectivity index (χ2v) is 3.76. The molecule has 0 bridgehead atoms. The number of esters is 1. The third kappa shape index (κ3) is 13.6. The zero-order valence-corrected chi connectivity index (χ0v) is 14.5. The normalized spacial score (nSPS) is 15.0. The molecule has 1 aliphatic rings. The molecule has 3 N–H and O–H groups in total. The van der Waals surface area contributed by atoms with Crippen LogP contribution in [0.2, 0.25) is 0 Å². The third-order valence-electron chi connectivity index (χ3n) is 2.46. The number of hydrogen-bond acceptors (Lipinski definition) is 4. The van der Waals surface area contributed by atoms with E-state index in [1.165, 1.54) is 26.4 Å². The van der Waals surface area contributed by atoms with Crippen molar-refractivity contribution in [2.75, 3.05) is 7.11 Å². The molecule has 116 valence electrons. The SMILES string of the molecule is CC.COC(=O)[CH-]N.[CH2-]C1(N[C-]=O)CCCCC1.[Os]. The number of hydrogen-bond donors (Lipinski definition) is 2. The van der Waals surface area contributed by atoms with Crippen LogP contribution in [0.25, 0.3) is 0 Å². The Morgan fingerprint density at radius 1 is 1.37 bits per heavy atom. The van der Waals surface area contributed by atoms with E-state index in [1.807, 2.05) is 13.8 Å². The van der Waals surface area contributed by atoms with E-state index in [-0.39, 0.29) is 25.3 Å². The number of carbonyl (C=O) groups excluding carboxylic acids is 2. The van der Waals surface area contributed by atoms with Crippen LogP contribution in [0.4, 0.5) is 0 Å². The Balaban J connectivity index is -0.000000249. The van der Waals surface area contributed by atoms with E-state index in [0.29, 0.717) is 0 Å². The predicted octanol–water partition coefficient (Wildman–Crippen LogP) is 1.48. The maximum atomic E-state index is 10.0. The van der Waals surface area contributed by atoms with Crippen LogP contribution in [0.15, 0.2) is 0 Å². The summed E-state index contributed by atoms with van der Waals surface area (Å²) < 4.78 is 4.08. The van der Waals surface area contributed by atoms with Gasteiger partial charge in [-0.2, -0.15) is 6.41 Å². The van der Waals surface area contributed by atoms with Crippen molar-refractivity contribution in [3.05, 3.63) is 13.5 Å². The summed E-state index contributed by atoms with van der Waals surface area (Å²) in [4.78, 5) is 19.8. The van der Waals surface area contributed by atoms with Gasteiger partial charge in [0.05, 0.1) is 7.11 Å². The zero-order valence-electron chi connectivity index (χ0n) is 12.0. The monoisotopic (exact) mass is 449 g/mol. The Hall–Kier alpha value is -0.594. The van der Waals surface area contributed by atoms with Gasteiger partial charge in [0.2, 0.25) is 0 Å². The van der Waals surface area contributed by atoms with Crippen LogP contribution in [-0.2, 0) is 34.1 Å². The van der Waals surface area contributed by atoms with Gasteiger partial charge in [0.25, 0.3) is 0 Å². The number of methoxy groups -OCH3 is 1. The van der Waals surface area contributed by atoms with E-state index in [9.17, 15) is 9.59 Å². The van der Waals surface area contributed by atoms with Crippen molar-refractivity contribution >= 4 is 12.4 Å². The molecule has 0 heterocycles. The number of carbonyl (C=O) groups is 1. The van der Waals surface area contributed by atoms with E-state index < -0.39 is 5.97 Å². The van der Waals surface area contributed by atoms with Gasteiger partial charge < -0.3 is 27.5 Å². The first-order valence-corrected chi connectivity index (χ1v) is 6.20. The van der Waals surface area contributed by atoms with Gasteiger partial charge in [-0.1, -0.05) is 46.0 Å². The molecule has 0 aromatic carbocycles. The first-order chi connectivity index (χ1) is 8.58. The number of ether oxygens (including phenoxy) is 1. The Bertz CT molecular complexity index is 214. The second-order valence-electron chi connectivity index (χ2n) is 3.76. The molecular weight excluding hydrogens is 422 g/mol. The van der Waals surface area contributed by atoms with E-state index in [1.54, 1.807) is 6.41 Å². The molecule has 0 aromatic rings. The predicted molar refractivity (Wildman–Crippen MR) is 71.9 cm³/mol. The molecular formula is C13H25N2O3Os-3. The van der Waals surface area contributed by atoms with Crippen molar-refractivity contribution in [3.8, 4) is 0 Å². The Morgan fingerprint density at radius 3 is 2.11 bits per heavy atom. The van der Waals surface area contributed by atoms with Crippen molar-refractivity contribution in [2.45, 2.75) is 51.5 Å². The van der Waals surface area contributed by atoms with E-state index >= 15 is 0 Å². The summed E-state index contributed by atoms with van der Waals surface area (Å²) in [5, 5.41) is 2.64. The summed E-state index contributed by atoms with van der Waals surface area (Å²) in [5.41, 5.74) is 4.49. The summed E-state index contributed by atoms with van der Waals surface area (Å²) in [6.45, 7) is 8.81. The molecule has 6 heteroatoms. The summed E-state index contributed by atoms with van der Waals surface area (Å²) in [7, 11) is 1.27. The van der Waals surface area contributed by atoms with Gasteiger partial charge in [-0.25, -0.2) is 6.54 Å². The number of nitrogens with one attached hydrogen (secondary N) is 1. The summed E-state index contributed by atoms with van der Waals surface area (Å²) in [6.07, 6.45) is 7.35. The molecule has 0 unspecified atom stereocenters. The van der Waals surface area contributed by atoms with Gasteiger partial charge in [0.15, 0.2) is 5.97 Å². The topological polar surface area (TPSA) is 81.4 Å². The van der Waals surface area contributed by atoms with Gasteiger partial charge in [-0.05, 0) is 0 Å². The second kappa shape index (κ2) is 15.5. The number of rotatable bonds is 3. The van der Waals surface area contributed by atoms with E-state index in [4.69, 9.17) is 0 Å². The van der Waals surface area contributed by atoms with Gasteiger partial charge in [-0.3, -0.25) is 4.79 Å². The van der Waals surface area contributed by atoms with Crippen LogP contribution in [0.3, 0.4) is 0 Å².